The molecule has 2 N–H and O–H groups in total. The molecule has 1 amide bonds. The number of hydrogen-bond donors (Lipinski definition) is 2. The molecule has 3 aromatic heterocycles. The first-order valence-corrected chi connectivity index (χ1v) is 8.94. The lowest BCUT2D eigenvalue weighted by Gasteiger charge is -2.08. The van der Waals surface area contributed by atoms with Crippen molar-refractivity contribution in [3.63, 3.8) is 0 Å². The first-order valence-electron chi connectivity index (χ1n) is 7.30. The molecule has 3 rings (SSSR count). The van der Waals surface area contributed by atoms with Crippen LogP contribution >= 0.6 is 34.5 Å². The molecule has 0 aliphatic carbocycles. The number of aryl methyl sites for hydroxylation is 1. The first kappa shape index (κ1) is 17.7. The minimum Gasteiger partial charge on any atom is -0.367 e. The topological polar surface area (TPSA) is 84.7 Å². The fourth-order valence-electron chi connectivity index (χ4n) is 2.03. The van der Waals surface area contributed by atoms with Crippen LogP contribution in [0.4, 0.5) is 5.82 Å². The third kappa shape index (κ3) is 4.47. The quantitative estimate of drug-likeness (QED) is 0.625. The molecule has 0 radical (unpaired) electrons. The van der Waals surface area contributed by atoms with E-state index in [4.69, 9.17) is 23.2 Å². The van der Waals surface area contributed by atoms with Crippen molar-refractivity contribution in [2.45, 2.75) is 0 Å². The van der Waals surface area contributed by atoms with Gasteiger partial charge in [-0.25, -0.2) is 9.97 Å². The Kier molecular flexibility index (Phi) is 5.52. The fourth-order valence-corrected chi connectivity index (χ4v) is 3.26. The Morgan fingerprint density at radius 1 is 1.32 bits per heavy atom. The number of anilines is 1. The Morgan fingerprint density at radius 2 is 2.16 bits per heavy atom. The van der Waals surface area contributed by atoms with Crippen molar-refractivity contribution in [2.24, 2.45) is 7.05 Å². The summed E-state index contributed by atoms with van der Waals surface area (Å²) in [7, 11) is 1.83. The smallest absolute Gasteiger partial charge is 0.270 e. The van der Waals surface area contributed by atoms with Gasteiger partial charge in [0.05, 0.1) is 16.2 Å². The monoisotopic (exact) mass is 396 g/mol. The van der Waals surface area contributed by atoms with Crippen molar-refractivity contribution in [1.29, 1.82) is 0 Å². The van der Waals surface area contributed by atoms with Crippen molar-refractivity contribution in [3.8, 4) is 10.6 Å². The van der Waals surface area contributed by atoms with E-state index in [1.54, 1.807) is 22.3 Å². The van der Waals surface area contributed by atoms with Gasteiger partial charge in [0.1, 0.15) is 16.5 Å². The van der Waals surface area contributed by atoms with E-state index in [9.17, 15) is 4.79 Å². The SMILES string of the molecule is Cn1cc(-c2nc(C(=O)NCCNc3ncc(Cl)cc3Cl)cs2)cn1. The number of carbonyl (C=O) groups is 1. The molecular weight excluding hydrogens is 383 g/mol. The van der Waals surface area contributed by atoms with E-state index >= 15 is 0 Å². The molecule has 25 heavy (non-hydrogen) atoms. The number of halogens is 2. The van der Waals surface area contributed by atoms with Gasteiger partial charge < -0.3 is 10.6 Å². The molecule has 0 aromatic carbocycles. The molecule has 0 aliphatic rings. The molecule has 0 saturated heterocycles. The molecule has 3 aromatic rings. The summed E-state index contributed by atoms with van der Waals surface area (Å²) < 4.78 is 1.69. The van der Waals surface area contributed by atoms with Crippen LogP contribution in [0.5, 0.6) is 0 Å². The van der Waals surface area contributed by atoms with Crippen LogP contribution in [0.2, 0.25) is 10.0 Å². The second-order valence-electron chi connectivity index (χ2n) is 5.11. The summed E-state index contributed by atoms with van der Waals surface area (Å²) in [4.78, 5) is 20.6. The predicted molar refractivity (Wildman–Crippen MR) is 99.4 cm³/mol. The number of thiazole rings is 1. The average Bonchev–Trinajstić information content (AvgIpc) is 3.22. The lowest BCUT2D eigenvalue weighted by atomic mass is 10.4. The molecule has 0 atom stereocenters. The molecule has 0 bridgehead atoms. The minimum atomic E-state index is -0.233. The number of nitrogens with zero attached hydrogens (tertiary/aromatic N) is 4. The average molecular weight is 397 g/mol. The highest BCUT2D eigenvalue weighted by atomic mass is 35.5. The van der Waals surface area contributed by atoms with Gasteiger partial charge in [0, 0.05) is 43.5 Å². The third-order valence-electron chi connectivity index (χ3n) is 3.20. The molecule has 130 valence electrons. The van der Waals surface area contributed by atoms with Gasteiger partial charge in [0.2, 0.25) is 0 Å². The number of rotatable bonds is 6. The zero-order chi connectivity index (χ0) is 17.8. The molecular formula is C15H14Cl2N6OS. The molecule has 0 unspecified atom stereocenters. The number of hydrogen-bond acceptors (Lipinski definition) is 6. The zero-order valence-electron chi connectivity index (χ0n) is 13.2. The van der Waals surface area contributed by atoms with E-state index < -0.39 is 0 Å². The number of pyridine rings is 1. The molecule has 0 aliphatic heterocycles. The summed E-state index contributed by atoms with van der Waals surface area (Å²) in [5.41, 5.74) is 1.27. The van der Waals surface area contributed by atoms with Crippen LogP contribution in [0.25, 0.3) is 10.6 Å². The Balaban J connectivity index is 1.50. The Hall–Kier alpha value is -2.16. The second-order valence-corrected chi connectivity index (χ2v) is 6.81. The van der Waals surface area contributed by atoms with Crippen molar-refractivity contribution in [3.05, 3.63) is 45.8 Å². The Bertz CT molecular complexity index is 894. The second kappa shape index (κ2) is 7.81. The van der Waals surface area contributed by atoms with Gasteiger partial charge in [-0.1, -0.05) is 23.2 Å². The summed E-state index contributed by atoms with van der Waals surface area (Å²) >= 11 is 13.2. The summed E-state index contributed by atoms with van der Waals surface area (Å²) in [5, 5.41) is 13.3. The van der Waals surface area contributed by atoms with Crippen LogP contribution in [0.1, 0.15) is 10.5 Å². The number of aromatic nitrogens is 4. The van der Waals surface area contributed by atoms with E-state index in [1.165, 1.54) is 17.5 Å². The molecule has 0 fully saturated rings. The number of amides is 1. The molecule has 10 heteroatoms. The van der Waals surface area contributed by atoms with E-state index in [0.717, 1.165) is 10.6 Å². The van der Waals surface area contributed by atoms with E-state index in [1.807, 2.05) is 13.2 Å². The van der Waals surface area contributed by atoms with Gasteiger partial charge in [-0.05, 0) is 6.07 Å². The van der Waals surface area contributed by atoms with Crippen LogP contribution < -0.4 is 10.6 Å². The van der Waals surface area contributed by atoms with Gasteiger partial charge in [-0.3, -0.25) is 9.48 Å². The standard InChI is InChI=1S/C15H14Cl2N6OS/c1-23-7-9(5-21-23)15-22-12(8-25-15)14(24)19-3-2-18-13-11(17)4-10(16)6-20-13/h4-8H,2-3H2,1H3,(H,18,20)(H,19,24). The van der Waals surface area contributed by atoms with Gasteiger partial charge in [0.25, 0.3) is 5.91 Å². The molecule has 7 nitrogen and oxygen atoms in total. The van der Waals surface area contributed by atoms with Crippen LogP contribution in [0.3, 0.4) is 0 Å². The Morgan fingerprint density at radius 3 is 2.88 bits per heavy atom. The zero-order valence-corrected chi connectivity index (χ0v) is 15.5. The lowest BCUT2D eigenvalue weighted by Crippen LogP contribution is -2.29. The minimum absolute atomic E-state index is 0.233. The van der Waals surface area contributed by atoms with Crippen LogP contribution in [-0.2, 0) is 7.05 Å². The highest BCUT2D eigenvalue weighted by Crippen LogP contribution is 2.23. The van der Waals surface area contributed by atoms with Gasteiger partial charge in [0.15, 0.2) is 0 Å². The normalized spacial score (nSPS) is 10.7. The fraction of sp³-hybridized carbons (Fsp3) is 0.200. The first-order chi connectivity index (χ1) is 12.0. The van der Waals surface area contributed by atoms with E-state index in [0.29, 0.717) is 34.6 Å². The molecule has 3 heterocycles. The maximum atomic E-state index is 12.1. The molecule has 0 saturated carbocycles. The highest BCUT2D eigenvalue weighted by molar-refractivity contribution is 7.13. The third-order valence-corrected chi connectivity index (χ3v) is 4.59. The predicted octanol–water partition coefficient (Wildman–Crippen LogP) is 3.09. The van der Waals surface area contributed by atoms with Gasteiger partial charge in [-0.15, -0.1) is 11.3 Å². The summed E-state index contributed by atoms with van der Waals surface area (Å²) in [6, 6.07) is 1.60. The van der Waals surface area contributed by atoms with Crippen molar-refractivity contribution in [2.75, 3.05) is 18.4 Å². The number of nitrogens with one attached hydrogen (secondary N) is 2. The number of carbonyl (C=O) groups excluding carboxylic acids is 1. The maximum Gasteiger partial charge on any atom is 0.270 e. The van der Waals surface area contributed by atoms with Crippen molar-refractivity contribution < 1.29 is 4.79 Å². The Labute approximate surface area is 158 Å². The van der Waals surface area contributed by atoms with Crippen LogP contribution in [0, 0.1) is 0 Å². The van der Waals surface area contributed by atoms with E-state index in [-0.39, 0.29) is 5.91 Å². The van der Waals surface area contributed by atoms with Gasteiger partial charge in [-0.2, -0.15) is 5.10 Å². The van der Waals surface area contributed by atoms with Crippen LogP contribution in [-0.4, -0.2) is 38.7 Å². The van der Waals surface area contributed by atoms with Gasteiger partial charge >= 0.3 is 0 Å². The summed E-state index contributed by atoms with van der Waals surface area (Å²) in [6.45, 7) is 0.874. The van der Waals surface area contributed by atoms with Crippen molar-refractivity contribution >= 4 is 46.3 Å². The maximum absolute atomic E-state index is 12.1. The lowest BCUT2D eigenvalue weighted by molar-refractivity contribution is 0.0951. The van der Waals surface area contributed by atoms with E-state index in [2.05, 4.69) is 25.7 Å². The summed E-state index contributed by atoms with van der Waals surface area (Å²) in [6.07, 6.45) is 5.07. The molecule has 0 spiro atoms. The van der Waals surface area contributed by atoms with Crippen LogP contribution in [0.15, 0.2) is 30.0 Å². The largest absolute Gasteiger partial charge is 0.367 e. The van der Waals surface area contributed by atoms with Crippen molar-refractivity contribution in [1.82, 2.24) is 25.1 Å². The highest BCUT2D eigenvalue weighted by Gasteiger charge is 2.12. The summed E-state index contributed by atoms with van der Waals surface area (Å²) in [5.74, 6) is 0.288.